The van der Waals surface area contributed by atoms with Crippen molar-refractivity contribution < 1.29 is 14.0 Å². The quantitative estimate of drug-likeness (QED) is 0.525. The summed E-state index contributed by atoms with van der Waals surface area (Å²) < 4.78 is 19.9. The predicted octanol–water partition coefficient (Wildman–Crippen LogP) is 5.84. The summed E-state index contributed by atoms with van der Waals surface area (Å²) in [6, 6.07) is 18.9. The monoisotopic (exact) mass is 442 g/mol. The van der Waals surface area contributed by atoms with Gasteiger partial charge >= 0.3 is 7.12 Å². The van der Waals surface area contributed by atoms with E-state index in [4.69, 9.17) is 14.0 Å². The maximum Gasteiger partial charge on any atom is 0.462 e. The molecule has 2 aliphatic rings. The summed E-state index contributed by atoms with van der Waals surface area (Å²) in [6.45, 7) is 9.82. The molecule has 5 heteroatoms. The lowest BCUT2D eigenvalue weighted by Crippen LogP contribution is -2.41. The van der Waals surface area contributed by atoms with Crippen LogP contribution in [-0.4, -0.2) is 24.9 Å². The van der Waals surface area contributed by atoms with Crippen LogP contribution in [-0.2, 0) is 20.7 Å². The first-order valence-corrected chi connectivity index (χ1v) is 10.8. The van der Waals surface area contributed by atoms with Crippen molar-refractivity contribution in [1.82, 2.24) is 0 Å². The molecule has 0 aromatic heterocycles. The minimum absolute atomic E-state index is 0.191. The molecule has 3 atom stereocenters. The number of halogens is 1. The first kappa shape index (κ1) is 20.2. The highest BCUT2D eigenvalue weighted by Gasteiger charge is 2.65. The molecule has 3 nitrogen and oxygen atoms in total. The Bertz CT molecular complexity index is 790. The van der Waals surface area contributed by atoms with Gasteiger partial charge < -0.3 is 14.0 Å². The number of hydrogen-bond donors (Lipinski definition) is 0. The Hall–Kier alpha value is -1.14. The maximum atomic E-state index is 6.37. The van der Waals surface area contributed by atoms with Crippen LogP contribution in [0.2, 0.25) is 5.82 Å². The van der Waals surface area contributed by atoms with E-state index >= 15 is 0 Å². The summed E-state index contributed by atoms with van der Waals surface area (Å²) >= 11 is 3.54. The van der Waals surface area contributed by atoms with Crippen molar-refractivity contribution in [2.45, 2.75) is 57.2 Å². The molecule has 1 saturated heterocycles. The lowest BCUT2D eigenvalue weighted by atomic mass is 9.79. The van der Waals surface area contributed by atoms with Gasteiger partial charge in [0.2, 0.25) is 0 Å². The van der Waals surface area contributed by atoms with Gasteiger partial charge in [-0.3, -0.25) is 0 Å². The number of ether oxygens (including phenoxy) is 1. The zero-order valence-electron chi connectivity index (χ0n) is 17.0. The van der Waals surface area contributed by atoms with Gasteiger partial charge in [0.25, 0.3) is 0 Å². The van der Waals surface area contributed by atoms with Crippen LogP contribution < -0.4 is 0 Å². The smallest absolute Gasteiger partial charge is 0.403 e. The van der Waals surface area contributed by atoms with E-state index in [1.54, 1.807) is 0 Å². The fourth-order valence-electron chi connectivity index (χ4n) is 4.07. The molecule has 0 amide bonds. The molecule has 4 rings (SSSR count). The first-order chi connectivity index (χ1) is 13.3. The van der Waals surface area contributed by atoms with Crippen LogP contribution in [0.1, 0.15) is 44.7 Å². The molecular formula is C23H28BBrO3. The number of benzene rings is 2. The normalized spacial score (nSPS) is 27.8. The highest BCUT2D eigenvalue weighted by Crippen LogP contribution is 2.63. The molecule has 1 heterocycles. The molecule has 2 fully saturated rings. The third kappa shape index (κ3) is 3.95. The SMILES string of the molecule is CC1(C)OB([C@H]2[C@@H](COCc3ccccc3)[C@@H]2c2ccc(Br)cc2)OC1(C)C. The van der Waals surface area contributed by atoms with E-state index < -0.39 is 0 Å². The van der Waals surface area contributed by atoms with E-state index in [1.807, 2.05) is 18.2 Å². The van der Waals surface area contributed by atoms with Gasteiger partial charge in [0.1, 0.15) is 0 Å². The zero-order chi connectivity index (χ0) is 19.9. The van der Waals surface area contributed by atoms with Crippen LogP contribution in [0, 0.1) is 5.92 Å². The molecule has 0 radical (unpaired) electrons. The largest absolute Gasteiger partial charge is 0.462 e. The molecule has 0 spiro atoms. The topological polar surface area (TPSA) is 27.7 Å². The first-order valence-electron chi connectivity index (χ1n) is 10.0. The summed E-state index contributed by atoms with van der Waals surface area (Å²) in [5.74, 6) is 1.12. The Morgan fingerprint density at radius 1 is 0.929 bits per heavy atom. The lowest BCUT2D eigenvalue weighted by molar-refractivity contribution is 0.00578. The third-order valence-corrected chi connectivity index (χ3v) is 7.02. The van der Waals surface area contributed by atoms with Crippen LogP contribution >= 0.6 is 15.9 Å². The molecule has 1 aliphatic heterocycles. The Morgan fingerprint density at radius 3 is 2.14 bits per heavy atom. The van der Waals surface area contributed by atoms with E-state index in [-0.39, 0.29) is 18.3 Å². The predicted molar refractivity (Wildman–Crippen MR) is 116 cm³/mol. The molecule has 0 N–H and O–H groups in total. The van der Waals surface area contributed by atoms with Gasteiger partial charge in [0.05, 0.1) is 24.4 Å². The van der Waals surface area contributed by atoms with Gasteiger partial charge in [-0.2, -0.15) is 0 Å². The fraction of sp³-hybridized carbons (Fsp3) is 0.478. The van der Waals surface area contributed by atoms with Crippen molar-refractivity contribution in [1.29, 1.82) is 0 Å². The van der Waals surface area contributed by atoms with Gasteiger partial charge in [-0.15, -0.1) is 0 Å². The van der Waals surface area contributed by atoms with Crippen molar-refractivity contribution >= 4 is 23.0 Å². The van der Waals surface area contributed by atoms with Crippen LogP contribution in [0.25, 0.3) is 0 Å². The van der Waals surface area contributed by atoms with E-state index in [0.717, 1.165) is 4.47 Å². The van der Waals surface area contributed by atoms with Crippen molar-refractivity contribution in [3.63, 3.8) is 0 Å². The van der Waals surface area contributed by atoms with Crippen molar-refractivity contribution in [3.8, 4) is 0 Å². The van der Waals surface area contributed by atoms with Crippen molar-refractivity contribution in [3.05, 3.63) is 70.2 Å². The third-order valence-electron chi connectivity index (χ3n) is 6.49. The molecular weight excluding hydrogens is 415 g/mol. The summed E-state index contributed by atoms with van der Waals surface area (Å²) in [7, 11) is -0.191. The van der Waals surface area contributed by atoms with Crippen molar-refractivity contribution in [2.24, 2.45) is 5.92 Å². The molecule has 0 bridgehead atoms. The Morgan fingerprint density at radius 2 is 1.54 bits per heavy atom. The van der Waals surface area contributed by atoms with Gasteiger partial charge in [-0.05, 0) is 62.8 Å². The minimum atomic E-state index is -0.306. The van der Waals surface area contributed by atoms with Crippen LogP contribution in [0.15, 0.2) is 59.1 Å². The van der Waals surface area contributed by atoms with Gasteiger partial charge in [-0.25, -0.2) is 0 Å². The minimum Gasteiger partial charge on any atom is -0.403 e. The van der Waals surface area contributed by atoms with Crippen LogP contribution in [0.5, 0.6) is 0 Å². The van der Waals surface area contributed by atoms with E-state index in [1.165, 1.54) is 11.1 Å². The average molecular weight is 443 g/mol. The van der Waals surface area contributed by atoms with Crippen molar-refractivity contribution in [2.75, 3.05) is 6.61 Å². The molecule has 1 saturated carbocycles. The number of hydrogen-bond acceptors (Lipinski definition) is 3. The molecule has 148 valence electrons. The van der Waals surface area contributed by atoms with E-state index in [2.05, 4.69) is 80.0 Å². The molecule has 0 unspecified atom stereocenters. The Balaban J connectivity index is 1.47. The summed E-state index contributed by atoms with van der Waals surface area (Å²) in [4.78, 5) is 0. The molecule has 2 aromatic rings. The Labute approximate surface area is 177 Å². The van der Waals surface area contributed by atoms with E-state index in [9.17, 15) is 0 Å². The second-order valence-electron chi connectivity index (χ2n) is 8.94. The van der Waals surface area contributed by atoms with Crippen LogP contribution in [0.3, 0.4) is 0 Å². The standard InChI is InChI=1S/C23H28BBrO3/c1-22(2)23(3,4)28-24(27-22)21-19(15-26-14-16-8-6-5-7-9-16)20(21)17-10-12-18(25)13-11-17/h5-13,19-21H,14-15H2,1-4H3/t19-,20-,21-/m0/s1. The summed E-state index contributed by atoms with van der Waals surface area (Å²) in [5.41, 5.74) is 1.92. The lowest BCUT2D eigenvalue weighted by Gasteiger charge is -2.32. The fourth-order valence-corrected chi connectivity index (χ4v) is 4.34. The van der Waals surface area contributed by atoms with Gasteiger partial charge in [0.15, 0.2) is 0 Å². The molecule has 2 aromatic carbocycles. The molecule has 28 heavy (non-hydrogen) atoms. The highest BCUT2D eigenvalue weighted by atomic mass is 79.9. The zero-order valence-corrected chi connectivity index (χ0v) is 18.6. The highest BCUT2D eigenvalue weighted by molar-refractivity contribution is 9.10. The Kier molecular flexibility index (Phi) is 5.47. The summed E-state index contributed by atoms with van der Waals surface area (Å²) in [5, 5.41) is 0. The maximum absolute atomic E-state index is 6.37. The second kappa shape index (κ2) is 7.60. The summed E-state index contributed by atoms with van der Waals surface area (Å²) in [6.07, 6.45) is 0. The van der Waals surface area contributed by atoms with Gasteiger partial charge in [-0.1, -0.05) is 58.4 Å². The van der Waals surface area contributed by atoms with E-state index in [0.29, 0.717) is 30.9 Å². The van der Waals surface area contributed by atoms with Gasteiger partial charge in [0, 0.05) is 10.3 Å². The number of rotatable bonds is 6. The molecule has 1 aliphatic carbocycles. The van der Waals surface area contributed by atoms with Crippen LogP contribution in [0.4, 0.5) is 0 Å². The average Bonchev–Trinajstić information content (AvgIpc) is 3.30. The second-order valence-corrected chi connectivity index (χ2v) is 9.86.